The van der Waals surface area contributed by atoms with Crippen LogP contribution in [-0.2, 0) is 4.74 Å². The third-order valence-electron chi connectivity index (χ3n) is 5.23. The highest BCUT2D eigenvalue weighted by molar-refractivity contribution is 5.12. The third kappa shape index (κ3) is 1.97. The number of alkyl halides is 2. The van der Waals surface area contributed by atoms with Crippen molar-refractivity contribution in [3.05, 3.63) is 0 Å². The minimum atomic E-state index is -0.739. The van der Waals surface area contributed by atoms with Crippen LogP contribution in [0.3, 0.4) is 0 Å². The molecule has 1 unspecified atom stereocenters. The number of morpholine rings is 1. The maximum Gasteiger partial charge on any atom is 0.0977 e. The van der Waals surface area contributed by atoms with Gasteiger partial charge < -0.3 is 10.1 Å². The Morgan fingerprint density at radius 1 is 1.17 bits per heavy atom. The molecule has 0 radical (unpaired) electrons. The zero-order valence-corrected chi connectivity index (χ0v) is 10.9. The number of hydrogen-bond acceptors (Lipinski definition) is 2. The first-order chi connectivity index (χ1) is 8.72. The summed E-state index contributed by atoms with van der Waals surface area (Å²) >= 11 is 0. The van der Waals surface area contributed by atoms with Gasteiger partial charge in [-0.25, -0.2) is 0 Å². The second kappa shape index (κ2) is 4.71. The van der Waals surface area contributed by atoms with Crippen molar-refractivity contribution in [2.75, 3.05) is 26.5 Å². The lowest BCUT2D eigenvalue weighted by atomic mass is 9.56. The highest BCUT2D eigenvalue weighted by atomic mass is 19.1. The highest BCUT2D eigenvalue weighted by Gasteiger charge is 2.60. The van der Waals surface area contributed by atoms with Crippen LogP contribution in [0.1, 0.15) is 38.5 Å². The maximum atomic E-state index is 13.0. The van der Waals surface area contributed by atoms with Crippen LogP contribution in [0.4, 0.5) is 8.78 Å². The molecule has 0 amide bonds. The van der Waals surface area contributed by atoms with Gasteiger partial charge in [-0.15, -0.1) is 0 Å². The molecule has 1 saturated heterocycles. The van der Waals surface area contributed by atoms with Crippen LogP contribution in [0.15, 0.2) is 0 Å². The van der Waals surface area contributed by atoms with Crippen molar-refractivity contribution in [1.29, 1.82) is 0 Å². The molecular weight excluding hydrogens is 236 g/mol. The monoisotopic (exact) mass is 259 g/mol. The summed E-state index contributed by atoms with van der Waals surface area (Å²) < 4.78 is 31.9. The Morgan fingerprint density at radius 2 is 1.89 bits per heavy atom. The summed E-state index contributed by atoms with van der Waals surface area (Å²) in [6, 6.07) is 0.308. The van der Waals surface area contributed by atoms with Gasteiger partial charge in [-0.2, -0.15) is 0 Å². The Morgan fingerprint density at radius 3 is 2.44 bits per heavy atom. The van der Waals surface area contributed by atoms with Gasteiger partial charge in [0, 0.05) is 18.0 Å². The smallest absolute Gasteiger partial charge is 0.0977 e. The highest BCUT2D eigenvalue weighted by Crippen LogP contribution is 2.55. The van der Waals surface area contributed by atoms with E-state index in [1.165, 1.54) is 19.3 Å². The Bertz CT molecular complexity index is 294. The lowest BCUT2D eigenvalue weighted by Crippen LogP contribution is -2.68. The van der Waals surface area contributed by atoms with Crippen LogP contribution in [-0.4, -0.2) is 38.1 Å². The summed E-state index contributed by atoms with van der Waals surface area (Å²) in [7, 11) is 0. The third-order valence-corrected chi connectivity index (χ3v) is 5.23. The first kappa shape index (κ1) is 12.8. The molecule has 1 atom stereocenters. The molecule has 4 heteroatoms. The zero-order chi connectivity index (χ0) is 12.6. The largest absolute Gasteiger partial charge is 0.372 e. The molecule has 3 fully saturated rings. The van der Waals surface area contributed by atoms with E-state index in [1.54, 1.807) is 0 Å². The topological polar surface area (TPSA) is 21.3 Å². The molecular formula is C14H23F2NO. The summed E-state index contributed by atoms with van der Waals surface area (Å²) in [6.07, 6.45) is 6.19. The van der Waals surface area contributed by atoms with Gasteiger partial charge in [-0.3, -0.25) is 8.78 Å². The Hall–Kier alpha value is -0.220. The molecule has 2 nitrogen and oxygen atoms in total. The second-order valence-electron chi connectivity index (χ2n) is 6.57. The first-order valence-corrected chi connectivity index (χ1v) is 7.21. The quantitative estimate of drug-likeness (QED) is 0.838. The van der Waals surface area contributed by atoms with E-state index in [-0.39, 0.29) is 5.60 Å². The molecule has 2 saturated carbocycles. The molecule has 2 aliphatic carbocycles. The number of rotatable bonds is 4. The summed E-state index contributed by atoms with van der Waals surface area (Å²) in [5.41, 5.74) is -1.01. The lowest BCUT2D eigenvalue weighted by molar-refractivity contribution is -0.215. The van der Waals surface area contributed by atoms with Gasteiger partial charge in [0.25, 0.3) is 0 Å². The fraction of sp³-hybridized carbons (Fsp3) is 1.00. The Kier molecular flexibility index (Phi) is 3.35. The number of halogens is 2. The minimum absolute atomic E-state index is 0.272. The number of hydrogen-bond donors (Lipinski definition) is 1. The average Bonchev–Trinajstić information content (AvgIpc) is 2.31. The zero-order valence-electron chi connectivity index (χ0n) is 10.9. The fourth-order valence-corrected chi connectivity index (χ4v) is 3.92. The van der Waals surface area contributed by atoms with Crippen LogP contribution in [0, 0.1) is 11.3 Å². The maximum absolute atomic E-state index is 13.0. The molecule has 1 heterocycles. The minimum Gasteiger partial charge on any atom is -0.372 e. The van der Waals surface area contributed by atoms with Gasteiger partial charge in [-0.1, -0.05) is 19.3 Å². The van der Waals surface area contributed by atoms with E-state index >= 15 is 0 Å². The van der Waals surface area contributed by atoms with Gasteiger partial charge in [0.05, 0.1) is 25.6 Å². The Balaban J connectivity index is 1.65. The summed E-state index contributed by atoms with van der Waals surface area (Å²) in [5, 5.41) is 3.53. The molecule has 0 bridgehead atoms. The number of nitrogens with one attached hydrogen (secondary N) is 1. The SMILES string of the molecule is FCC1(CF)CC2(C1)OCCNC2CC1CCC1. The van der Waals surface area contributed by atoms with E-state index in [0.29, 0.717) is 25.5 Å². The van der Waals surface area contributed by atoms with E-state index in [9.17, 15) is 8.78 Å². The predicted molar refractivity (Wildman–Crippen MR) is 66.0 cm³/mol. The van der Waals surface area contributed by atoms with E-state index < -0.39 is 18.8 Å². The Labute approximate surface area is 107 Å². The van der Waals surface area contributed by atoms with Crippen molar-refractivity contribution < 1.29 is 13.5 Å². The van der Waals surface area contributed by atoms with Crippen molar-refractivity contribution in [1.82, 2.24) is 5.32 Å². The normalized spacial score (nSPS) is 34.0. The van der Waals surface area contributed by atoms with E-state index in [0.717, 1.165) is 18.9 Å². The van der Waals surface area contributed by atoms with Crippen molar-refractivity contribution in [2.45, 2.75) is 50.2 Å². The summed E-state index contributed by atoms with van der Waals surface area (Å²) in [5.74, 6) is 0.798. The molecule has 0 aromatic heterocycles. The van der Waals surface area contributed by atoms with Crippen molar-refractivity contribution in [3.63, 3.8) is 0 Å². The van der Waals surface area contributed by atoms with Crippen LogP contribution in [0.2, 0.25) is 0 Å². The van der Waals surface area contributed by atoms with Crippen LogP contribution in [0.25, 0.3) is 0 Å². The van der Waals surface area contributed by atoms with E-state index in [1.807, 2.05) is 0 Å². The molecule has 1 spiro atoms. The van der Waals surface area contributed by atoms with Gasteiger partial charge in [0.2, 0.25) is 0 Å². The van der Waals surface area contributed by atoms with Gasteiger partial charge in [0.1, 0.15) is 0 Å². The molecule has 0 aromatic carbocycles. The summed E-state index contributed by atoms with van der Waals surface area (Å²) in [4.78, 5) is 0. The second-order valence-corrected chi connectivity index (χ2v) is 6.57. The van der Waals surface area contributed by atoms with Crippen molar-refractivity contribution >= 4 is 0 Å². The molecule has 0 aromatic rings. The van der Waals surface area contributed by atoms with Crippen LogP contribution >= 0.6 is 0 Å². The number of ether oxygens (including phenoxy) is 1. The fourth-order valence-electron chi connectivity index (χ4n) is 3.92. The lowest BCUT2D eigenvalue weighted by Gasteiger charge is -2.59. The predicted octanol–water partition coefficient (Wildman–Crippen LogP) is 2.62. The molecule has 3 rings (SSSR count). The van der Waals surface area contributed by atoms with Crippen molar-refractivity contribution in [3.8, 4) is 0 Å². The first-order valence-electron chi connectivity index (χ1n) is 7.21. The van der Waals surface area contributed by atoms with Crippen LogP contribution in [0.5, 0.6) is 0 Å². The molecule has 18 heavy (non-hydrogen) atoms. The average molecular weight is 259 g/mol. The molecule has 1 aliphatic heterocycles. The van der Waals surface area contributed by atoms with Gasteiger partial charge in [0.15, 0.2) is 0 Å². The molecule has 104 valence electrons. The van der Waals surface area contributed by atoms with Gasteiger partial charge >= 0.3 is 0 Å². The van der Waals surface area contributed by atoms with Crippen molar-refractivity contribution in [2.24, 2.45) is 11.3 Å². The van der Waals surface area contributed by atoms with Crippen LogP contribution < -0.4 is 5.32 Å². The molecule has 1 N–H and O–H groups in total. The van der Waals surface area contributed by atoms with E-state index in [2.05, 4.69) is 5.32 Å². The summed E-state index contributed by atoms with van der Waals surface area (Å²) in [6.45, 7) is 0.447. The molecule has 3 aliphatic rings. The standard InChI is InChI=1S/C14H23F2NO/c15-9-13(10-16)7-14(8-13)12(17-4-5-18-14)6-11-2-1-3-11/h11-12,17H,1-10H2. The van der Waals surface area contributed by atoms with Gasteiger partial charge in [-0.05, 0) is 25.2 Å². The van der Waals surface area contributed by atoms with E-state index in [4.69, 9.17) is 4.74 Å².